The minimum Gasteiger partial charge on any atom is -0.369 e. The lowest BCUT2D eigenvalue weighted by Gasteiger charge is -2.29. The van der Waals surface area contributed by atoms with Crippen LogP contribution in [0.25, 0.3) is 0 Å². The number of anilines is 1. The second-order valence-corrected chi connectivity index (χ2v) is 7.41. The fraction of sp³-hybridized carbons (Fsp3) is 0.538. The third-order valence-electron chi connectivity index (χ3n) is 3.31. The zero-order chi connectivity index (χ0) is 13.9. The molecule has 0 bridgehead atoms. The van der Waals surface area contributed by atoms with Crippen molar-refractivity contribution in [2.24, 2.45) is 0 Å². The van der Waals surface area contributed by atoms with Crippen LogP contribution in [0.5, 0.6) is 0 Å². The predicted molar refractivity (Wildman–Crippen MR) is 79.7 cm³/mol. The van der Waals surface area contributed by atoms with Crippen molar-refractivity contribution in [3.05, 3.63) is 28.8 Å². The van der Waals surface area contributed by atoms with Gasteiger partial charge >= 0.3 is 0 Å². The Morgan fingerprint density at radius 3 is 2.58 bits per heavy atom. The third kappa shape index (κ3) is 3.84. The summed E-state index contributed by atoms with van der Waals surface area (Å²) in [7, 11) is -2.84. The molecule has 1 saturated heterocycles. The average molecular weight is 303 g/mol. The van der Waals surface area contributed by atoms with E-state index in [9.17, 15) is 8.42 Å². The predicted octanol–water partition coefficient (Wildman–Crippen LogP) is 1.68. The largest absolute Gasteiger partial charge is 0.369 e. The summed E-state index contributed by atoms with van der Waals surface area (Å²) in [6.45, 7) is 4.80. The van der Waals surface area contributed by atoms with Crippen LogP contribution in [0.4, 0.5) is 5.69 Å². The molecule has 1 fully saturated rings. The van der Waals surface area contributed by atoms with E-state index in [1.165, 1.54) is 0 Å². The Bertz CT molecular complexity index is 532. The van der Waals surface area contributed by atoms with E-state index in [2.05, 4.69) is 17.1 Å². The number of nitrogens with zero attached hydrogens (tertiary/aromatic N) is 1. The van der Waals surface area contributed by atoms with Crippen molar-refractivity contribution < 1.29 is 8.42 Å². The molecule has 4 nitrogen and oxygen atoms in total. The summed E-state index contributed by atoms with van der Waals surface area (Å²) in [5.74, 6) is 0.452. The third-order valence-corrected chi connectivity index (χ3v) is 5.27. The Balaban J connectivity index is 2.08. The molecule has 1 aliphatic rings. The van der Waals surface area contributed by atoms with Gasteiger partial charge in [-0.2, -0.15) is 0 Å². The molecule has 1 N–H and O–H groups in total. The first kappa shape index (κ1) is 14.6. The van der Waals surface area contributed by atoms with Crippen molar-refractivity contribution in [2.45, 2.75) is 13.5 Å². The SMILES string of the molecule is CCNCc1ccc(N2CCS(=O)(=O)CC2)cc1Cl. The van der Waals surface area contributed by atoms with Gasteiger partial charge in [-0.15, -0.1) is 0 Å². The Labute approximate surface area is 119 Å². The molecular weight excluding hydrogens is 284 g/mol. The quantitative estimate of drug-likeness (QED) is 0.919. The fourth-order valence-electron chi connectivity index (χ4n) is 2.11. The van der Waals surface area contributed by atoms with E-state index in [0.717, 1.165) is 29.4 Å². The minimum atomic E-state index is -2.84. The summed E-state index contributed by atoms with van der Waals surface area (Å²) in [4.78, 5) is 2.07. The van der Waals surface area contributed by atoms with Crippen LogP contribution in [0.2, 0.25) is 5.02 Å². The van der Waals surface area contributed by atoms with Crippen LogP contribution in [-0.4, -0.2) is 39.6 Å². The highest BCUT2D eigenvalue weighted by Gasteiger charge is 2.22. The van der Waals surface area contributed by atoms with E-state index >= 15 is 0 Å². The molecule has 19 heavy (non-hydrogen) atoms. The van der Waals surface area contributed by atoms with Crippen LogP contribution in [0.3, 0.4) is 0 Å². The highest BCUT2D eigenvalue weighted by atomic mass is 35.5. The smallest absolute Gasteiger partial charge is 0.153 e. The molecule has 0 atom stereocenters. The number of rotatable bonds is 4. The van der Waals surface area contributed by atoms with Crippen molar-refractivity contribution in [3.63, 3.8) is 0 Å². The number of hydrogen-bond donors (Lipinski definition) is 1. The summed E-state index contributed by atoms with van der Waals surface area (Å²) >= 11 is 6.26. The van der Waals surface area contributed by atoms with Gasteiger partial charge in [-0.1, -0.05) is 24.6 Å². The Morgan fingerprint density at radius 2 is 2.00 bits per heavy atom. The molecular formula is C13H19ClN2O2S. The van der Waals surface area contributed by atoms with E-state index in [4.69, 9.17) is 11.6 Å². The maximum Gasteiger partial charge on any atom is 0.153 e. The average Bonchev–Trinajstić information content (AvgIpc) is 2.37. The van der Waals surface area contributed by atoms with Crippen LogP contribution in [-0.2, 0) is 16.4 Å². The number of halogens is 1. The molecule has 6 heteroatoms. The molecule has 0 aromatic heterocycles. The lowest BCUT2D eigenvalue weighted by Crippen LogP contribution is -2.40. The second kappa shape index (κ2) is 6.11. The number of benzene rings is 1. The van der Waals surface area contributed by atoms with Gasteiger partial charge in [0.25, 0.3) is 0 Å². The van der Waals surface area contributed by atoms with E-state index < -0.39 is 9.84 Å². The van der Waals surface area contributed by atoms with Gasteiger partial charge in [-0.25, -0.2) is 8.42 Å². The summed E-state index contributed by atoms with van der Waals surface area (Å²) in [5, 5.41) is 3.97. The first-order chi connectivity index (χ1) is 9.02. The molecule has 1 heterocycles. The van der Waals surface area contributed by atoms with Crippen LogP contribution >= 0.6 is 11.6 Å². The normalized spacial score (nSPS) is 18.5. The molecule has 1 aromatic carbocycles. The first-order valence-corrected chi connectivity index (χ1v) is 8.66. The van der Waals surface area contributed by atoms with Gasteiger partial charge in [0.05, 0.1) is 11.5 Å². The van der Waals surface area contributed by atoms with Gasteiger partial charge in [-0.3, -0.25) is 0 Å². The lowest BCUT2D eigenvalue weighted by atomic mass is 10.2. The molecule has 106 valence electrons. The zero-order valence-corrected chi connectivity index (χ0v) is 12.6. The number of nitrogens with one attached hydrogen (secondary N) is 1. The summed E-state index contributed by atoms with van der Waals surface area (Å²) in [6.07, 6.45) is 0. The molecule has 0 aliphatic carbocycles. The first-order valence-electron chi connectivity index (χ1n) is 6.46. The van der Waals surface area contributed by atoms with Crippen LogP contribution in [0, 0.1) is 0 Å². The van der Waals surface area contributed by atoms with E-state index in [-0.39, 0.29) is 11.5 Å². The summed E-state index contributed by atoms with van der Waals surface area (Å²) < 4.78 is 22.8. The fourth-order valence-corrected chi connectivity index (χ4v) is 3.55. The summed E-state index contributed by atoms with van der Waals surface area (Å²) in [5.41, 5.74) is 2.07. The van der Waals surface area contributed by atoms with Gasteiger partial charge in [0, 0.05) is 30.3 Å². The van der Waals surface area contributed by atoms with Crippen molar-refractivity contribution in [1.29, 1.82) is 0 Å². The van der Waals surface area contributed by atoms with Gasteiger partial charge in [0.1, 0.15) is 0 Å². The summed E-state index contributed by atoms with van der Waals surface area (Å²) in [6, 6.07) is 5.94. The van der Waals surface area contributed by atoms with Crippen molar-refractivity contribution in [3.8, 4) is 0 Å². The van der Waals surface area contributed by atoms with Crippen LogP contribution < -0.4 is 10.2 Å². The maximum absolute atomic E-state index is 11.4. The molecule has 0 saturated carbocycles. The minimum absolute atomic E-state index is 0.226. The topological polar surface area (TPSA) is 49.4 Å². The molecule has 0 radical (unpaired) electrons. The van der Waals surface area contributed by atoms with Gasteiger partial charge in [0.15, 0.2) is 9.84 Å². The van der Waals surface area contributed by atoms with Crippen molar-refractivity contribution in [1.82, 2.24) is 5.32 Å². The Kier molecular flexibility index (Phi) is 4.71. The maximum atomic E-state index is 11.4. The van der Waals surface area contributed by atoms with E-state index in [0.29, 0.717) is 13.1 Å². The zero-order valence-electron chi connectivity index (χ0n) is 11.0. The lowest BCUT2D eigenvalue weighted by molar-refractivity contribution is 0.587. The Hall–Kier alpha value is -0.780. The number of hydrogen-bond acceptors (Lipinski definition) is 4. The molecule has 2 rings (SSSR count). The monoisotopic (exact) mass is 302 g/mol. The van der Waals surface area contributed by atoms with E-state index in [1.807, 2.05) is 18.2 Å². The van der Waals surface area contributed by atoms with Crippen molar-refractivity contribution in [2.75, 3.05) is 36.0 Å². The standard InChI is InChI=1S/C13H19ClN2O2S/c1-2-15-10-11-3-4-12(9-13(11)14)16-5-7-19(17,18)8-6-16/h3-4,9,15H,2,5-8,10H2,1H3. The molecule has 0 spiro atoms. The van der Waals surface area contributed by atoms with Gasteiger partial charge in [-0.05, 0) is 24.2 Å². The highest BCUT2D eigenvalue weighted by molar-refractivity contribution is 7.91. The molecule has 0 unspecified atom stereocenters. The highest BCUT2D eigenvalue weighted by Crippen LogP contribution is 2.25. The molecule has 1 aliphatic heterocycles. The molecule has 1 aromatic rings. The van der Waals surface area contributed by atoms with E-state index in [1.54, 1.807) is 0 Å². The van der Waals surface area contributed by atoms with Gasteiger partial charge < -0.3 is 10.2 Å². The van der Waals surface area contributed by atoms with Crippen molar-refractivity contribution >= 4 is 27.1 Å². The second-order valence-electron chi connectivity index (χ2n) is 4.69. The van der Waals surface area contributed by atoms with Crippen LogP contribution in [0.1, 0.15) is 12.5 Å². The Morgan fingerprint density at radius 1 is 1.32 bits per heavy atom. The molecule has 0 amide bonds. The van der Waals surface area contributed by atoms with Gasteiger partial charge in [0.2, 0.25) is 0 Å². The number of sulfone groups is 1. The van der Waals surface area contributed by atoms with Crippen LogP contribution in [0.15, 0.2) is 18.2 Å².